The van der Waals surface area contributed by atoms with Gasteiger partial charge in [-0.3, -0.25) is 9.59 Å². The fourth-order valence-electron chi connectivity index (χ4n) is 3.42. The Balaban J connectivity index is 2.18. The zero-order valence-corrected chi connectivity index (χ0v) is 12.2. The molecule has 0 radical (unpaired) electrons. The summed E-state index contributed by atoms with van der Waals surface area (Å²) in [5, 5.41) is 9.10. The summed E-state index contributed by atoms with van der Waals surface area (Å²) in [5.41, 5.74) is 2.55. The molecule has 3 heteroatoms. The average Bonchev–Trinajstić information content (AvgIpc) is 2.75. The van der Waals surface area contributed by atoms with E-state index in [0.717, 1.165) is 42.4 Å². The molecule has 2 rings (SSSR count). The molecule has 1 fully saturated rings. The molecule has 108 valence electrons. The van der Waals surface area contributed by atoms with Crippen LogP contribution in [0, 0.1) is 19.3 Å². The van der Waals surface area contributed by atoms with Crippen LogP contribution in [0.4, 0.5) is 0 Å². The van der Waals surface area contributed by atoms with Crippen molar-refractivity contribution in [3.8, 4) is 0 Å². The van der Waals surface area contributed by atoms with Crippen molar-refractivity contribution in [2.24, 2.45) is 5.41 Å². The van der Waals surface area contributed by atoms with Gasteiger partial charge in [0.2, 0.25) is 0 Å². The summed E-state index contributed by atoms with van der Waals surface area (Å²) in [4.78, 5) is 23.6. The van der Waals surface area contributed by atoms with Crippen molar-refractivity contribution < 1.29 is 14.7 Å². The van der Waals surface area contributed by atoms with Crippen molar-refractivity contribution in [3.63, 3.8) is 0 Å². The Hall–Kier alpha value is -1.64. The number of rotatable bonds is 5. The van der Waals surface area contributed by atoms with E-state index in [1.54, 1.807) is 0 Å². The minimum Gasteiger partial charge on any atom is -0.481 e. The maximum atomic E-state index is 12.5. The van der Waals surface area contributed by atoms with E-state index in [4.69, 9.17) is 5.11 Å². The molecule has 0 atom stereocenters. The molecular formula is C17H22O3. The van der Waals surface area contributed by atoms with Crippen LogP contribution < -0.4 is 0 Å². The van der Waals surface area contributed by atoms with Crippen LogP contribution in [0.15, 0.2) is 18.2 Å². The maximum absolute atomic E-state index is 12.5. The van der Waals surface area contributed by atoms with Crippen LogP contribution in [0.3, 0.4) is 0 Å². The molecule has 1 saturated carbocycles. The van der Waals surface area contributed by atoms with Crippen molar-refractivity contribution in [1.82, 2.24) is 0 Å². The standard InChI is InChI=1S/C17H22O3/c1-12-5-6-14(13(2)9-12)15(18)10-17(11-16(19)20)7-3-4-8-17/h5-6,9H,3-4,7-8,10-11H2,1-2H3,(H,19,20). The minimum absolute atomic E-state index is 0.0886. The van der Waals surface area contributed by atoms with Gasteiger partial charge < -0.3 is 5.11 Å². The highest BCUT2D eigenvalue weighted by atomic mass is 16.4. The van der Waals surface area contributed by atoms with E-state index in [9.17, 15) is 9.59 Å². The number of Topliss-reactive ketones (excluding diaryl/α,β-unsaturated/α-hetero) is 1. The molecule has 1 N–H and O–H groups in total. The SMILES string of the molecule is Cc1ccc(C(=O)CC2(CC(=O)O)CCCC2)c(C)c1. The van der Waals surface area contributed by atoms with Crippen molar-refractivity contribution in [2.75, 3.05) is 0 Å². The second kappa shape index (κ2) is 5.78. The number of benzene rings is 1. The summed E-state index contributed by atoms with van der Waals surface area (Å²) < 4.78 is 0. The monoisotopic (exact) mass is 274 g/mol. The van der Waals surface area contributed by atoms with Crippen LogP contribution >= 0.6 is 0 Å². The molecule has 3 nitrogen and oxygen atoms in total. The van der Waals surface area contributed by atoms with Gasteiger partial charge in [0.1, 0.15) is 0 Å². The second-order valence-corrected chi connectivity index (χ2v) is 6.20. The van der Waals surface area contributed by atoms with E-state index in [1.165, 1.54) is 0 Å². The molecule has 0 bridgehead atoms. The lowest BCUT2D eigenvalue weighted by Gasteiger charge is -2.26. The number of carbonyl (C=O) groups excluding carboxylic acids is 1. The van der Waals surface area contributed by atoms with Crippen LogP contribution in [0.2, 0.25) is 0 Å². The van der Waals surface area contributed by atoms with E-state index in [2.05, 4.69) is 0 Å². The lowest BCUT2D eigenvalue weighted by atomic mass is 9.77. The first kappa shape index (κ1) is 14.8. The van der Waals surface area contributed by atoms with Crippen LogP contribution in [0.1, 0.15) is 60.0 Å². The molecule has 0 unspecified atom stereocenters. The van der Waals surface area contributed by atoms with Gasteiger partial charge in [0.15, 0.2) is 5.78 Å². The predicted molar refractivity (Wildman–Crippen MR) is 78.0 cm³/mol. The maximum Gasteiger partial charge on any atom is 0.303 e. The quantitative estimate of drug-likeness (QED) is 0.828. The molecule has 0 spiro atoms. The van der Waals surface area contributed by atoms with Gasteiger partial charge >= 0.3 is 5.97 Å². The summed E-state index contributed by atoms with van der Waals surface area (Å²) in [5.74, 6) is -0.703. The molecule has 0 amide bonds. The van der Waals surface area contributed by atoms with Crippen molar-refractivity contribution in [1.29, 1.82) is 0 Å². The minimum atomic E-state index is -0.791. The number of carboxylic acid groups (broad SMARTS) is 1. The first-order valence-corrected chi connectivity index (χ1v) is 7.24. The Labute approximate surface area is 120 Å². The van der Waals surface area contributed by atoms with Gasteiger partial charge in [0, 0.05) is 12.0 Å². The fraction of sp³-hybridized carbons (Fsp3) is 0.529. The van der Waals surface area contributed by atoms with Crippen LogP contribution in [-0.4, -0.2) is 16.9 Å². The Kier molecular flexibility index (Phi) is 4.26. The molecule has 1 aromatic rings. The molecular weight excluding hydrogens is 252 g/mol. The number of ketones is 1. The molecule has 0 heterocycles. The zero-order valence-electron chi connectivity index (χ0n) is 12.2. The molecule has 0 aromatic heterocycles. The molecule has 0 saturated heterocycles. The molecule has 0 aliphatic heterocycles. The number of hydrogen-bond donors (Lipinski definition) is 1. The number of hydrogen-bond acceptors (Lipinski definition) is 2. The normalized spacial score (nSPS) is 17.1. The fourth-order valence-corrected chi connectivity index (χ4v) is 3.42. The molecule has 1 aliphatic carbocycles. The van der Waals surface area contributed by atoms with E-state index in [1.807, 2.05) is 32.0 Å². The Morgan fingerprint density at radius 1 is 1.15 bits per heavy atom. The van der Waals surface area contributed by atoms with E-state index in [-0.39, 0.29) is 17.6 Å². The first-order valence-electron chi connectivity index (χ1n) is 7.24. The number of carboxylic acids is 1. The smallest absolute Gasteiger partial charge is 0.303 e. The average molecular weight is 274 g/mol. The second-order valence-electron chi connectivity index (χ2n) is 6.20. The third-order valence-electron chi connectivity index (χ3n) is 4.41. The van der Waals surface area contributed by atoms with E-state index < -0.39 is 5.97 Å². The van der Waals surface area contributed by atoms with Gasteiger partial charge in [0.25, 0.3) is 0 Å². The predicted octanol–water partition coefficient (Wildman–Crippen LogP) is 3.91. The summed E-state index contributed by atoms with van der Waals surface area (Å²) >= 11 is 0. The highest BCUT2D eigenvalue weighted by molar-refractivity contribution is 5.98. The molecule has 1 aliphatic rings. The Morgan fingerprint density at radius 2 is 1.80 bits per heavy atom. The van der Waals surface area contributed by atoms with Crippen LogP contribution in [0.25, 0.3) is 0 Å². The summed E-state index contributed by atoms with van der Waals surface area (Å²) in [6.07, 6.45) is 4.26. The van der Waals surface area contributed by atoms with Crippen LogP contribution in [0.5, 0.6) is 0 Å². The lowest BCUT2D eigenvalue weighted by Crippen LogP contribution is -2.25. The Bertz CT molecular complexity index is 525. The van der Waals surface area contributed by atoms with Gasteiger partial charge in [0.05, 0.1) is 6.42 Å². The third kappa shape index (κ3) is 3.27. The van der Waals surface area contributed by atoms with E-state index in [0.29, 0.717) is 6.42 Å². The highest BCUT2D eigenvalue weighted by Gasteiger charge is 2.38. The highest BCUT2D eigenvalue weighted by Crippen LogP contribution is 2.44. The number of aryl methyl sites for hydroxylation is 2. The molecule has 1 aromatic carbocycles. The topological polar surface area (TPSA) is 54.4 Å². The summed E-state index contributed by atoms with van der Waals surface area (Å²) in [7, 11) is 0. The Morgan fingerprint density at radius 3 is 2.35 bits per heavy atom. The largest absolute Gasteiger partial charge is 0.481 e. The van der Waals surface area contributed by atoms with Crippen molar-refractivity contribution in [3.05, 3.63) is 34.9 Å². The zero-order chi connectivity index (χ0) is 14.8. The first-order chi connectivity index (χ1) is 9.42. The lowest BCUT2D eigenvalue weighted by molar-refractivity contribution is -0.139. The van der Waals surface area contributed by atoms with Gasteiger partial charge in [-0.05, 0) is 37.7 Å². The van der Waals surface area contributed by atoms with Gasteiger partial charge in [-0.2, -0.15) is 0 Å². The van der Waals surface area contributed by atoms with Gasteiger partial charge in [-0.25, -0.2) is 0 Å². The van der Waals surface area contributed by atoms with Gasteiger partial charge in [-0.1, -0.05) is 36.6 Å². The van der Waals surface area contributed by atoms with Crippen molar-refractivity contribution >= 4 is 11.8 Å². The third-order valence-corrected chi connectivity index (χ3v) is 4.41. The summed E-state index contributed by atoms with van der Waals surface area (Å²) in [6, 6.07) is 5.82. The summed E-state index contributed by atoms with van der Waals surface area (Å²) in [6.45, 7) is 3.95. The van der Waals surface area contributed by atoms with Crippen LogP contribution in [-0.2, 0) is 4.79 Å². The number of aliphatic carboxylic acids is 1. The van der Waals surface area contributed by atoms with E-state index >= 15 is 0 Å². The van der Waals surface area contributed by atoms with Gasteiger partial charge in [-0.15, -0.1) is 0 Å². The molecule has 20 heavy (non-hydrogen) atoms. The number of carbonyl (C=O) groups is 2. The van der Waals surface area contributed by atoms with Crippen molar-refractivity contribution in [2.45, 2.75) is 52.4 Å².